The van der Waals surface area contributed by atoms with E-state index < -0.39 is 58.3 Å². The number of rotatable bonds is 18. The van der Waals surface area contributed by atoms with Gasteiger partial charge >= 0.3 is 0 Å². The van der Waals surface area contributed by atoms with E-state index in [1.807, 2.05) is 253 Å². The first kappa shape index (κ1) is 68.4. The second-order valence-electron chi connectivity index (χ2n) is 34.2. The summed E-state index contributed by atoms with van der Waals surface area (Å²) in [5.74, 6) is -0.726. The molecular formula is C119H110N6O2Pt2-2. The van der Waals surface area contributed by atoms with Crippen molar-refractivity contribution in [3.8, 4) is 157 Å². The number of aryl methyl sites for hydroxylation is 7. The van der Waals surface area contributed by atoms with Gasteiger partial charge in [0.05, 0.1) is 44.6 Å². The van der Waals surface area contributed by atoms with Crippen LogP contribution < -0.4 is 0 Å². The van der Waals surface area contributed by atoms with Crippen LogP contribution in [0.15, 0.2) is 304 Å². The fourth-order valence-corrected chi connectivity index (χ4v) is 16.8. The zero-order chi connectivity index (χ0) is 106. The zero-order valence-corrected chi connectivity index (χ0v) is 78.3. The van der Waals surface area contributed by atoms with Crippen molar-refractivity contribution in [1.29, 1.82) is 0 Å². The molecule has 650 valence electrons. The molecule has 0 aliphatic carbocycles. The minimum Gasteiger partial charge on any atom is -0.507 e. The van der Waals surface area contributed by atoms with Crippen molar-refractivity contribution in [2.24, 2.45) is 0 Å². The van der Waals surface area contributed by atoms with Crippen molar-refractivity contribution in [3.63, 3.8) is 0 Å². The fraction of sp³-hybridized carbons (Fsp3) is 0.193. The maximum atomic E-state index is 11.9. The normalized spacial score (nSPS) is 14.6. The molecule has 0 spiro atoms. The summed E-state index contributed by atoms with van der Waals surface area (Å²) in [6.07, 6.45) is 3.34. The molecule has 8 nitrogen and oxygen atoms in total. The summed E-state index contributed by atoms with van der Waals surface area (Å²) in [5.41, 5.74) is 22.2. The number of phenolic OH excluding ortho intramolecular Hbond substituents is 2. The Morgan fingerprint density at radius 2 is 0.705 bits per heavy atom. The Kier molecular flexibility index (Phi) is 20.1. The van der Waals surface area contributed by atoms with Crippen LogP contribution in [-0.2, 0) is 47.5 Å². The van der Waals surface area contributed by atoms with E-state index in [4.69, 9.17) is 47.4 Å². The Morgan fingerprint density at radius 1 is 0.326 bits per heavy atom. The average Bonchev–Trinajstić information content (AvgIpc) is 1.62. The van der Waals surface area contributed by atoms with E-state index in [1.54, 1.807) is 60.3 Å². The molecule has 0 saturated carbocycles. The maximum Gasteiger partial charge on any atom is 0.148 e. The van der Waals surface area contributed by atoms with Gasteiger partial charge in [0.2, 0.25) is 0 Å². The number of fused-ring (bicyclic) bond motifs is 2. The SMILES string of the molecule is [2H]C([2H])([2H])c1cc(-c2cc(C(C)C)cc(C([2H])(C)C)c2)ccc1-n1c(-c2cc(C)cc(C)c2O)nc2c(-c3[c-]c(-c4cc(-c5ccc(C(C([2H])([2H])[2H])(C([2H])([2H])[2H])C([2H])([2H])[2H])cc5)ccn4)cc(-c4ccccc4)c3)cccc21.[2H]C([2H])([2H])c1ccc(-c2ccnc(-c3[c-]c(-c4cccc5c4nc(-c4cc(C)cc(C)c4O)n5-c4ccc(-c5cc(C(C)C)cc(C([2H])(C)C)c5)cc4C([2H])([2H])[2H])cc(-c4ccccc4)c3)c2)cc1.[Pt].[Pt]. The summed E-state index contributed by atoms with van der Waals surface area (Å²) >= 11 is 0. The predicted octanol–water partition coefficient (Wildman–Crippen LogP) is 31.8. The van der Waals surface area contributed by atoms with Crippen molar-refractivity contribution in [1.82, 2.24) is 29.1 Å². The van der Waals surface area contributed by atoms with Crippen molar-refractivity contribution >= 4 is 22.1 Å². The average molecular weight is 2070 g/mol. The summed E-state index contributed by atoms with van der Waals surface area (Å²) in [7, 11) is 0. The van der Waals surface area contributed by atoms with Crippen LogP contribution in [0.3, 0.4) is 0 Å². The molecule has 0 unspecified atom stereocenters. The molecule has 4 heterocycles. The summed E-state index contributed by atoms with van der Waals surface area (Å²) < 4.78 is 173. The molecular weight excluding hydrogens is 1940 g/mol. The first-order valence-electron chi connectivity index (χ1n) is 52.7. The number of aromatic hydroxyl groups is 2. The smallest absolute Gasteiger partial charge is 0.148 e. The van der Waals surface area contributed by atoms with Gasteiger partial charge in [0.1, 0.15) is 23.1 Å². The van der Waals surface area contributed by atoms with Crippen molar-refractivity contribution in [3.05, 3.63) is 382 Å². The second-order valence-corrected chi connectivity index (χ2v) is 34.2. The van der Waals surface area contributed by atoms with Gasteiger partial charge in [0.15, 0.2) is 0 Å². The van der Waals surface area contributed by atoms with Crippen LogP contribution in [0.5, 0.6) is 11.5 Å². The molecule has 18 rings (SSSR count). The third-order valence-electron chi connectivity index (χ3n) is 23.8. The van der Waals surface area contributed by atoms with Crippen LogP contribution in [0, 0.1) is 60.4 Å². The fourth-order valence-electron chi connectivity index (χ4n) is 16.8. The van der Waals surface area contributed by atoms with Crippen molar-refractivity contribution < 1.29 is 79.8 Å². The predicted molar refractivity (Wildman–Crippen MR) is 532 cm³/mol. The zero-order valence-electron chi connectivity index (χ0n) is 93.7. The number of benzene rings is 14. The number of aromatic nitrogens is 6. The molecule has 18 aromatic rings. The van der Waals surface area contributed by atoms with E-state index in [0.29, 0.717) is 118 Å². The van der Waals surface area contributed by atoms with Gasteiger partial charge in [0, 0.05) is 93.3 Å². The molecule has 0 bridgehead atoms. The van der Waals surface area contributed by atoms with Gasteiger partial charge in [-0.3, -0.25) is 19.1 Å². The van der Waals surface area contributed by atoms with Crippen LogP contribution in [0.4, 0.5) is 0 Å². The minimum atomic E-state index is -3.41. The van der Waals surface area contributed by atoms with Gasteiger partial charge in [-0.25, -0.2) is 9.97 Å². The molecule has 2 N–H and O–H groups in total. The van der Waals surface area contributed by atoms with E-state index >= 15 is 0 Å². The Balaban J connectivity index is 0.000000221. The molecule has 14 aromatic carbocycles. The Bertz CT molecular complexity index is 8060. The standard InChI is InChI=1S/C61H58N3O.C58H52N3O.2Pt/c1-37(2)46-30-47(38(3)4)32-49(31-46)44-21-24-56(40(6)29-44)64-57-18-14-17-53(58(57)63-60(64)54-28-39(5)27-41(7)59(54)65)50-33-48(42-15-12-11-13-16-42)34-51(35-50)55-36-45(25-26-62-55)43-19-22-52(23-20-43)61(8,9)10;1-35(2)45-28-46(36(3)4)30-48(29-45)43-21-22-54(39(7)27-43)61-55-16-12-15-51(56(55)60-58(61)52-26-38(6)25-40(8)57(52)62)49-31-47(41-13-10-9-11-14-41)32-50(33-49)53-34-44(23-24-59-53)42-19-17-37(5)18-20-42;;/h11-34,36-38,65H,1-10H3;9-32,34-36,62H,1-8H3;;/q2*-1;;/i6D3,8D3,9D3,10D3,37D;5D3,7D3,35D;;. The summed E-state index contributed by atoms with van der Waals surface area (Å²) in [6.45, 7) is 5.67. The van der Waals surface area contributed by atoms with E-state index in [2.05, 4.69) is 70.2 Å². The van der Waals surface area contributed by atoms with Gasteiger partial charge in [0.25, 0.3) is 0 Å². The van der Waals surface area contributed by atoms with E-state index in [9.17, 15) is 10.2 Å². The number of imidazole rings is 2. The molecule has 0 atom stereocenters. The maximum absolute atomic E-state index is 11.9. The van der Waals surface area contributed by atoms with E-state index in [0.717, 1.165) is 94.6 Å². The topological polar surface area (TPSA) is 102 Å². The first-order valence-corrected chi connectivity index (χ1v) is 42.7. The van der Waals surface area contributed by atoms with Crippen LogP contribution in [0.2, 0.25) is 0 Å². The van der Waals surface area contributed by atoms with Gasteiger partial charge in [-0.15, -0.1) is 47.5 Å². The Labute approximate surface area is 818 Å². The largest absolute Gasteiger partial charge is 0.507 e. The number of hydrogen-bond acceptors (Lipinski definition) is 6. The number of hydrogen-bond donors (Lipinski definition) is 2. The van der Waals surface area contributed by atoms with Crippen molar-refractivity contribution in [2.45, 2.75) is 153 Å². The minimum absolute atomic E-state index is 0. The van der Waals surface area contributed by atoms with Crippen molar-refractivity contribution in [2.75, 3.05) is 0 Å². The number of nitrogens with zero attached hydrogens (tertiary/aromatic N) is 6. The van der Waals surface area contributed by atoms with Gasteiger partial charge in [-0.05, 0) is 255 Å². The molecule has 0 fully saturated rings. The second kappa shape index (κ2) is 37.9. The van der Waals surface area contributed by atoms with Gasteiger partial charge in [-0.2, -0.15) is 0 Å². The molecule has 129 heavy (non-hydrogen) atoms. The van der Waals surface area contributed by atoms with E-state index in [1.165, 1.54) is 24.3 Å². The Morgan fingerprint density at radius 3 is 1.10 bits per heavy atom. The molecule has 0 aliphatic heterocycles. The number of pyridine rings is 2. The quantitative estimate of drug-likeness (QED) is 0.0830. The number of para-hydroxylation sites is 2. The molecule has 0 amide bonds. The third-order valence-corrected chi connectivity index (χ3v) is 23.8. The number of phenols is 2. The molecule has 10 heteroatoms. The first-order chi connectivity index (χ1) is 69.0. The van der Waals surface area contributed by atoms with Crippen LogP contribution in [0.1, 0.15) is 194 Å². The third kappa shape index (κ3) is 19.0. The van der Waals surface area contributed by atoms with Crippen LogP contribution in [0.25, 0.3) is 168 Å². The molecule has 0 aliphatic rings. The van der Waals surface area contributed by atoms with Gasteiger partial charge in [-0.1, -0.05) is 321 Å². The monoisotopic (exact) mass is 2060 g/mol. The molecule has 0 radical (unpaired) electrons. The van der Waals surface area contributed by atoms with Crippen LogP contribution in [-0.4, -0.2) is 39.3 Å². The van der Waals surface area contributed by atoms with Crippen LogP contribution >= 0.6 is 0 Å². The summed E-state index contributed by atoms with van der Waals surface area (Å²) in [5, 5.41) is 23.7. The summed E-state index contributed by atoms with van der Waals surface area (Å²) in [6, 6.07) is 97.0. The molecule has 0 saturated heterocycles. The van der Waals surface area contributed by atoms with E-state index in [-0.39, 0.29) is 87.7 Å². The molecule has 4 aromatic heterocycles. The Hall–Kier alpha value is -12.7. The van der Waals surface area contributed by atoms with Gasteiger partial charge < -0.3 is 10.2 Å². The summed E-state index contributed by atoms with van der Waals surface area (Å²) in [4.78, 5) is 20.3.